The Morgan fingerprint density at radius 2 is 1.90 bits per heavy atom. The number of ether oxygens (including phenoxy) is 1. The molecule has 1 unspecified atom stereocenters. The molecule has 2 saturated heterocycles. The fourth-order valence-electron chi connectivity index (χ4n) is 4.49. The molecule has 2 amide bonds. The van der Waals surface area contributed by atoms with Crippen LogP contribution in [0.3, 0.4) is 0 Å². The molecule has 4 rings (SSSR count). The maximum absolute atomic E-state index is 12.9. The first-order valence-corrected chi connectivity index (χ1v) is 9.62. The molecule has 3 heterocycles. The van der Waals surface area contributed by atoms with Crippen molar-refractivity contribution in [3.05, 3.63) is 42.2 Å². The number of hydrogen-bond donors (Lipinski definition) is 0. The summed E-state index contributed by atoms with van der Waals surface area (Å²) in [7, 11) is 3.07. The van der Waals surface area contributed by atoms with Crippen LogP contribution in [0.5, 0.6) is 0 Å². The summed E-state index contributed by atoms with van der Waals surface area (Å²) in [4.78, 5) is 40.8. The van der Waals surface area contributed by atoms with E-state index in [1.807, 2.05) is 30.3 Å². The Morgan fingerprint density at radius 3 is 2.55 bits per heavy atom. The zero-order valence-corrected chi connectivity index (χ0v) is 16.5. The number of aromatic nitrogens is 1. The van der Waals surface area contributed by atoms with Crippen molar-refractivity contribution in [2.75, 3.05) is 27.2 Å². The van der Waals surface area contributed by atoms with Crippen molar-refractivity contribution in [1.82, 2.24) is 15.0 Å². The largest absolute Gasteiger partial charge is 0.469 e. The Morgan fingerprint density at radius 1 is 1.21 bits per heavy atom. The van der Waals surface area contributed by atoms with Crippen molar-refractivity contribution in [2.24, 2.45) is 5.92 Å². The average Bonchev–Trinajstić information content (AvgIpc) is 3.34. The van der Waals surface area contributed by atoms with Crippen LogP contribution >= 0.6 is 0 Å². The maximum atomic E-state index is 12.9. The second-order valence-corrected chi connectivity index (χ2v) is 7.57. The second-order valence-electron chi connectivity index (χ2n) is 7.57. The average molecular weight is 397 g/mol. The number of carbonyl (C=O) groups excluding carboxylic acids is 3. The molecule has 0 bridgehead atoms. The van der Waals surface area contributed by atoms with Crippen LogP contribution in [0, 0.1) is 5.92 Å². The zero-order valence-electron chi connectivity index (χ0n) is 16.5. The summed E-state index contributed by atoms with van der Waals surface area (Å²) in [5.74, 6) is -0.998. The minimum atomic E-state index is -0.600. The van der Waals surface area contributed by atoms with Gasteiger partial charge in [0.2, 0.25) is 11.7 Å². The molecule has 2 aromatic rings. The van der Waals surface area contributed by atoms with Crippen LogP contribution in [-0.2, 0) is 14.3 Å². The van der Waals surface area contributed by atoms with E-state index < -0.39 is 11.5 Å². The molecule has 2 fully saturated rings. The second kappa shape index (κ2) is 7.35. The van der Waals surface area contributed by atoms with E-state index in [4.69, 9.17) is 9.26 Å². The van der Waals surface area contributed by atoms with E-state index in [0.29, 0.717) is 31.6 Å². The van der Waals surface area contributed by atoms with Crippen molar-refractivity contribution in [1.29, 1.82) is 0 Å². The topological polar surface area (TPSA) is 93.0 Å². The SMILES string of the molecule is COC(=O)C1CC(=O)N(C)C12CCN(C(=O)c1cc(-c3ccccc3)no1)CC2. The van der Waals surface area contributed by atoms with E-state index in [0.717, 1.165) is 5.56 Å². The van der Waals surface area contributed by atoms with Crippen LogP contribution in [0.4, 0.5) is 0 Å². The quantitative estimate of drug-likeness (QED) is 0.735. The van der Waals surface area contributed by atoms with Crippen molar-refractivity contribution in [3.8, 4) is 11.3 Å². The highest BCUT2D eigenvalue weighted by Gasteiger charge is 2.56. The lowest BCUT2D eigenvalue weighted by molar-refractivity contribution is -0.149. The van der Waals surface area contributed by atoms with Gasteiger partial charge in [0.15, 0.2) is 0 Å². The molecule has 1 aromatic heterocycles. The lowest BCUT2D eigenvalue weighted by Crippen LogP contribution is -2.57. The Labute approximate surface area is 168 Å². The van der Waals surface area contributed by atoms with Crippen LogP contribution in [0.15, 0.2) is 40.9 Å². The predicted molar refractivity (Wildman–Crippen MR) is 103 cm³/mol. The number of amides is 2. The van der Waals surface area contributed by atoms with Gasteiger partial charge in [-0.1, -0.05) is 35.5 Å². The molecule has 1 spiro atoms. The van der Waals surface area contributed by atoms with Crippen molar-refractivity contribution in [3.63, 3.8) is 0 Å². The Balaban J connectivity index is 1.48. The number of hydrogen-bond acceptors (Lipinski definition) is 6. The fraction of sp³-hybridized carbons (Fsp3) is 0.429. The molecule has 0 radical (unpaired) electrons. The number of nitrogens with zero attached hydrogens (tertiary/aromatic N) is 3. The first-order valence-electron chi connectivity index (χ1n) is 9.62. The highest BCUT2D eigenvalue weighted by molar-refractivity contribution is 5.93. The van der Waals surface area contributed by atoms with E-state index in [9.17, 15) is 14.4 Å². The van der Waals surface area contributed by atoms with E-state index in [1.54, 1.807) is 22.9 Å². The molecule has 0 saturated carbocycles. The molecule has 8 nitrogen and oxygen atoms in total. The summed E-state index contributed by atoms with van der Waals surface area (Å²) in [5.41, 5.74) is 0.881. The van der Waals surface area contributed by atoms with Crippen molar-refractivity contribution in [2.45, 2.75) is 24.8 Å². The minimum absolute atomic E-state index is 0.0667. The van der Waals surface area contributed by atoms with Gasteiger partial charge in [-0.05, 0) is 12.8 Å². The number of rotatable bonds is 3. The molecule has 1 atom stereocenters. The minimum Gasteiger partial charge on any atom is -0.469 e. The Kier molecular flexibility index (Phi) is 4.86. The molecule has 152 valence electrons. The van der Waals surface area contributed by atoms with Crippen molar-refractivity contribution < 1.29 is 23.6 Å². The normalized spacial score (nSPS) is 20.9. The third kappa shape index (κ3) is 3.18. The summed E-state index contributed by atoms with van der Waals surface area (Å²) in [5, 5.41) is 4.01. The monoisotopic (exact) mass is 397 g/mol. The fourth-order valence-corrected chi connectivity index (χ4v) is 4.49. The van der Waals surface area contributed by atoms with Gasteiger partial charge in [0.25, 0.3) is 5.91 Å². The lowest BCUT2D eigenvalue weighted by Gasteiger charge is -2.45. The van der Waals surface area contributed by atoms with Gasteiger partial charge in [-0.25, -0.2) is 0 Å². The maximum Gasteiger partial charge on any atom is 0.311 e. The van der Waals surface area contributed by atoms with E-state index in [-0.39, 0.29) is 30.0 Å². The number of carbonyl (C=O) groups is 3. The Bertz CT molecular complexity index is 931. The summed E-state index contributed by atoms with van der Waals surface area (Å²) in [6, 6.07) is 11.1. The van der Waals surface area contributed by atoms with Gasteiger partial charge in [-0.15, -0.1) is 0 Å². The van der Waals surface area contributed by atoms with Crippen LogP contribution in [-0.4, -0.2) is 65.5 Å². The summed E-state index contributed by atoms with van der Waals surface area (Å²) in [6.07, 6.45) is 1.18. The molecule has 2 aliphatic heterocycles. The highest BCUT2D eigenvalue weighted by atomic mass is 16.5. The highest BCUT2D eigenvalue weighted by Crippen LogP contribution is 2.43. The standard InChI is InChI=1S/C21H23N3O5/c1-23-18(25)12-15(20(27)28-2)21(23)8-10-24(11-9-21)19(26)17-13-16(22-29-17)14-6-4-3-5-7-14/h3-7,13,15H,8-12H2,1-2H3. The first kappa shape index (κ1) is 19.2. The number of likely N-dealkylation sites (tertiary alicyclic amines) is 2. The number of piperidine rings is 1. The van der Waals surface area contributed by atoms with Gasteiger partial charge >= 0.3 is 5.97 Å². The van der Waals surface area contributed by atoms with Gasteiger partial charge in [0.1, 0.15) is 5.69 Å². The molecule has 0 aliphatic carbocycles. The molecule has 2 aliphatic rings. The van der Waals surface area contributed by atoms with E-state index in [1.165, 1.54) is 7.11 Å². The smallest absolute Gasteiger partial charge is 0.311 e. The van der Waals surface area contributed by atoms with Gasteiger partial charge in [-0.3, -0.25) is 14.4 Å². The van der Waals surface area contributed by atoms with Gasteiger partial charge in [0.05, 0.1) is 18.6 Å². The van der Waals surface area contributed by atoms with Gasteiger partial charge in [0, 0.05) is 38.2 Å². The van der Waals surface area contributed by atoms with Crippen molar-refractivity contribution >= 4 is 17.8 Å². The van der Waals surface area contributed by atoms with Gasteiger partial charge in [-0.2, -0.15) is 0 Å². The zero-order chi connectivity index (χ0) is 20.6. The first-order chi connectivity index (χ1) is 14.0. The molecular weight excluding hydrogens is 374 g/mol. The third-order valence-corrected chi connectivity index (χ3v) is 6.26. The number of esters is 1. The molecular formula is C21H23N3O5. The van der Waals surface area contributed by atoms with Gasteiger partial charge < -0.3 is 19.1 Å². The van der Waals surface area contributed by atoms with E-state index >= 15 is 0 Å². The number of benzene rings is 1. The third-order valence-electron chi connectivity index (χ3n) is 6.26. The summed E-state index contributed by atoms with van der Waals surface area (Å²) >= 11 is 0. The molecule has 1 aromatic carbocycles. The summed E-state index contributed by atoms with van der Waals surface area (Å²) in [6.45, 7) is 0.844. The molecule has 29 heavy (non-hydrogen) atoms. The summed E-state index contributed by atoms with van der Waals surface area (Å²) < 4.78 is 10.2. The molecule has 0 N–H and O–H groups in total. The predicted octanol–water partition coefficient (Wildman–Crippen LogP) is 1.97. The van der Waals surface area contributed by atoms with Crippen LogP contribution in [0.25, 0.3) is 11.3 Å². The number of methoxy groups -OCH3 is 1. The van der Waals surface area contributed by atoms with Crippen LogP contribution < -0.4 is 0 Å². The molecule has 8 heteroatoms. The van der Waals surface area contributed by atoms with Crippen LogP contribution in [0.2, 0.25) is 0 Å². The van der Waals surface area contributed by atoms with E-state index in [2.05, 4.69) is 5.16 Å². The lowest BCUT2D eigenvalue weighted by atomic mass is 9.77. The van der Waals surface area contributed by atoms with Crippen LogP contribution in [0.1, 0.15) is 29.8 Å². The Hall–Kier alpha value is -3.16.